The summed E-state index contributed by atoms with van der Waals surface area (Å²) in [7, 11) is 0. The van der Waals surface area contributed by atoms with Gasteiger partial charge in [-0.3, -0.25) is 0 Å². The number of hydrogen-bond acceptors (Lipinski definition) is 2. The van der Waals surface area contributed by atoms with E-state index in [1.807, 2.05) is 19.2 Å². The van der Waals surface area contributed by atoms with E-state index in [0.717, 1.165) is 12.1 Å². The van der Waals surface area contributed by atoms with Crippen LogP contribution >= 0.6 is 0 Å². The van der Waals surface area contributed by atoms with E-state index in [0.29, 0.717) is 0 Å². The lowest BCUT2D eigenvalue weighted by Gasteiger charge is -2.12. The molecule has 0 saturated carbocycles. The molecule has 1 aliphatic heterocycles. The fourth-order valence-electron chi connectivity index (χ4n) is 0.889. The van der Waals surface area contributed by atoms with Crippen LogP contribution in [-0.2, 0) is 0 Å². The molecule has 0 bridgehead atoms. The Morgan fingerprint density at radius 1 is 1.82 bits per heavy atom. The van der Waals surface area contributed by atoms with Crippen LogP contribution in [0.5, 0.6) is 0 Å². The van der Waals surface area contributed by atoms with Gasteiger partial charge < -0.3 is 5.43 Å². The molecule has 0 aromatic rings. The molecule has 0 aromatic heterocycles. The highest BCUT2D eigenvalue weighted by Crippen LogP contribution is 2.18. The van der Waals surface area contributed by atoms with Crippen LogP contribution < -0.4 is 5.43 Å². The van der Waals surface area contributed by atoms with Gasteiger partial charge in [-0.15, -0.1) is 0 Å². The summed E-state index contributed by atoms with van der Waals surface area (Å²) in [6.45, 7) is 8.80. The van der Waals surface area contributed by atoms with Crippen LogP contribution in [0.25, 0.3) is 0 Å². The van der Waals surface area contributed by atoms with Gasteiger partial charge in [0.15, 0.2) is 0 Å². The molecular weight excluding hydrogens is 136 g/mol. The normalized spacial score (nSPS) is 29.3. The Hall–Kier alpha value is -1.05. The maximum absolute atomic E-state index is 3.96. The quantitative estimate of drug-likeness (QED) is 0.595. The standard InChI is InChI=1S/C9H14N2/c1-8(2)4-5-9(3)6-10-11-7-9/h4-6,11H,1,7H2,2-3H3/b5-4-. The fourth-order valence-corrected chi connectivity index (χ4v) is 0.889. The SMILES string of the molecule is C=C(C)/C=C\C1(C)C=NNC1. The molecule has 1 N–H and O–H groups in total. The Bertz CT molecular complexity index is 216. The molecule has 0 saturated heterocycles. The van der Waals surface area contributed by atoms with E-state index < -0.39 is 0 Å². The second-order valence-electron chi connectivity index (χ2n) is 3.28. The Labute approximate surface area is 67.7 Å². The first kappa shape index (κ1) is 8.05. The molecule has 0 fully saturated rings. The lowest BCUT2D eigenvalue weighted by Crippen LogP contribution is -2.20. The molecule has 0 amide bonds. The maximum Gasteiger partial charge on any atom is 0.0468 e. The zero-order chi connectivity index (χ0) is 8.32. The van der Waals surface area contributed by atoms with E-state index in [1.54, 1.807) is 0 Å². The smallest absolute Gasteiger partial charge is 0.0468 e. The van der Waals surface area contributed by atoms with Gasteiger partial charge in [-0.05, 0) is 13.8 Å². The minimum atomic E-state index is 0.0823. The van der Waals surface area contributed by atoms with Crippen molar-refractivity contribution in [1.29, 1.82) is 0 Å². The van der Waals surface area contributed by atoms with Crippen LogP contribution in [0, 0.1) is 5.41 Å². The summed E-state index contributed by atoms with van der Waals surface area (Å²) in [5.74, 6) is 0. The highest BCUT2D eigenvalue weighted by molar-refractivity contribution is 5.70. The molecular formula is C9H14N2. The third-order valence-corrected chi connectivity index (χ3v) is 1.66. The summed E-state index contributed by atoms with van der Waals surface area (Å²) >= 11 is 0. The first-order valence-corrected chi connectivity index (χ1v) is 3.74. The zero-order valence-electron chi connectivity index (χ0n) is 7.09. The zero-order valence-corrected chi connectivity index (χ0v) is 7.09. The minimum absolute atomic E-state index is 0.0823. The lowest BCUT2D eigenvalue weighted by atomic mass is 9.92. The molecule has 0 aliphatic carbocycles. The summed E-state index contributed by atoms with van der Waals surface area (Å²) in [5.41, 5.74) is 4.08. The minimum Gasteiger partial charge on any atom is -0.309 e. The Morgan fingerprint density at radius 3 is 3.00 bits per heavy atom. The highest BCUT2D eigenvalue weighted by atomic mass is 15.3. The Morgan fingerprint density at radius 2 is 2.55 bits per heavy atom. The molecule has 0 aromatic carbocycles. The number of nitrogens with one attached hydrogen (secondary N) is 1. The summed E-state index contributed by atoms with van der Waals surface area (Å²) in [4.78, 5) is 0. The van der Waals surface area contributed by atoms with Crippen molar-refractivity contribution in [2.45, 2.75) is 13.8 Å². The third kappa shape index (κ3) is 2.22. The van der Waals surface area contributed by atoms with Crippen LogP contribution in [0.15, 0.2) is 29.4 Å². The summed E-state index contributed by atoms with van der Waals surface area (Å²) in [6, 6.07) is 0. The van der Waals surface area contributed by atoms with Gasteiger partial charge in [0.25, 0.3) is 0 Å². The van der Waals surface area contributed by atoms with Crippen molar-refractivity contribution in [2.75, 3.05) is 6.54 Å². The van der Waals surface area contributed by atoms with E-state index >= 15 is 0 Å². The van der Waals surface area contributed by atoms with E-state index in [-0.39, 0.29) is 5.41 Å². The van der Waals surface area contributed by atoms with Gasteiger partial charge in [-0.25, -0.2) is 0 Å². The molecule has 1 rings (SSSR count). The Balaban J connectivity index is 2.60. The van der Waals surface area contributed by atoms with Crippen molar-refractivity contribution < 1.29 is 0 Å². The van der Waals surface area contributed by atoms with Crippen LogP contribution in [0.4, 0.5) is 0 Å². The number of nitrogens with zero attached hydrogens (tertiary/aromatic N) is 1. The van der Waals surface area contributed by atoms with Crippen molar-refractivity contribution in [3.05, 3.63) is 24.3 Å². The maximum atomic E-state index is 3.96. The molecule has 1 heterocycles. The third-order valence-electron chi connectivity index (χ3n) is 1.66. The molecule has 2 heteroatoms. The van der Waals surface area contributed by atoms with Crippen LogP contribution in [0.1, 0.15) is 13.8 Å². The average Bonchev–Trinajstić information content (AvgIpc) is 2.33. The largest absolute Gasteiger partial charge is 0.309 e. The van der Waals surface area contributed by atoms with Crippen molar-refractivity contribution in [1.82, 2.24) is 5.43 Å². The fraction of sp³-hybridized carbons (Fsp3) is 0.444. The van der Waals surface area contributed by atoms with Crippen molar-refractivity contribution in [2.24, 2.45) is 10.5 Å². The van der Waals surface area contributed by atoms with Gasteiger partial charge in [-0.2, -0.15) is 5.10 Å². The number of hydrazone groups is 1. The predicted octanol–water partition coefficient (Wildman–Crippen LogP) is 1.71. The van der Waals surface area contributed by atoms with Crippen LogP contribution in [-0.4, -0.2) is 12.8 Å². The molecule has 11 heavy (non-hydrogen) atoms. The van der Waals surface area contributed by atoms with E-state index in [2.05, 4.69) is 30.1 Å². The average molecular weight is 150 g/mol. The summed E-state index contributed by atoms with van der Waals surface area (Å²) in [5, 5.41) is 3.96. The molecule has 2 nitrogen and oxygen atoms in total. The molecule has 60 valence electrons. The summed E-state index contributed by atoms with van der Waals surface area (Å²) in [6.07, 6.45) is 6.07. The molecule has 1 atom stereocenters. The predicted molar refractivity (Wildman–Crippen MR) is 48.6 cm³/mol. The highest BCUT2D eigenvalue weighted by Gasteiger charge is 2.21. The van der Waals surface area contributed by atoms with E-state index in [9.17, 15) is 0 Å². The molecule has 1 unspecified atom stereocenters. The first-order valence-electron chi connectivity index (χ1n) is 3.74. The van der Waals surface area contributed by atoms with Gasteiger partial charge in [-0.1, -0.05) is 24.3 Å². The van der Waals surface area contributed by atoms with E-state index in [1.165, 1.54) is 0 Å². The first-order chi connectivity index (χ1) is 5.12. The lowest BCUT2D eigenvalue weighted by molar-refractivity contribution is 0.590. The Kier molecular flexibility index (Phi) is 2.13. The van der Waals surface area contributed by atoms with Gasteiger partial charge in [0.2, 0.25) is 0 Å². The monoisotopic (exact) mass is 150 g/mol. The van der Waals surface area contributed by atoms with Crippen LogP contribution in [0.2, 0.25) is 0 Å². The van der Waals surface area contributed by atoms with Gasteiger partial charge >= 0.3 is 0 Å². The van der Waals surface area contributed by atoms with Gasteiger partial charge in [0.1, 0.15) is 0 Å². The second-order valence-corrected chi connectivity index (χ2v) is 3.28. The molecule has 0 radical (unpaired) electrons. The number of rotatable bonds is 2. The van der Waals surface area contributed by atoms with Crippen molar-refractivity contribution in [3.63, 3.8) is 0 Å². The topological polar surface area (TPSA) is 24.4 Å². The molecule has 0 spiro atoms. The molecule has 1 aliphatic rings. The number of hydrogen-bond donors (Lipinski definition) is 1. The van der Waals surface area contributed by atoms with Gasteiger partial charge in [0.05, 0.1) is 0 Å². The van der Waals surface area contributed by atoms with Crippen molar-refractivity contribution in [3.8, 4) is 0 Å². The number of allylic oxidation sites excluding steroid dienone is 2. The summed E-state index contributed by atoms with van der Waals surface area (Å²) < 4.78 is 0. The van der Waals surface area contributed by atoms with Crippen LogP contribution in [0.3, 0.4) is 0 Å². The van der Waals surface area contributed by atoms with Gasteiger partial charge in [0, 0.05) is 18.2 Å². The van der Waals surface area contributed by atoms with E-state index in [4.69, 9.17) is 0 Å². The van der Waals surface area contributed by atoms with Crippen molar-refractivity contribution >= 4 is 6.21 Å². The second kappa shape index (κ2) is 2.91.